The van der Waals surface area contributed by atoms with Crippen molar-refractivity contribution >= 4 is 209 Å². The van der Waals surface area contributed by atoms with Gasteiger partial charge in [0.1, 0.15) is 23.0 Å². The summed E-state index contributed by atoms with van der Waals surface area (Å²) >= 11 is 10.4. The summed E-state index contributed by atoms with van der Waals surface area (Å²) in [5, 5.41) is 0. The molecule has 0 radical (unpaired) electrons. The average molecular weight is 1790 g/mol. The fraction of sp³-hybridized carbons (Fsp3) is 0.0824. The van der Waals surface area contributed by atoms with E-state index >= 15 is 0 Å². The molecule has 3 aliphatic rings. The van der Waals surface area contributed by atoms with E-state index in [0.29, 0.717) is 0 Å². The number of anilines is 9. The summed E-state index contributed by atoms with van der Waals surface area (Å²) in [4.78, 5) is 11.3. The molecular weight excluding hydrogens is 1700 g/mol. The molecular formula is C85H83BBr2N3O4P11S2. The molecule has 0 aliphatic carbocycles. The molecule has 546 valence electrons. The Morgan fingerprint density at radius 2 is 0.583 bits per heavy atom. The highest BCUT2D eigenvalue weighted by molar-refractivity contribution is 9.18. The van der Waals surface area contributed by atoms with Crippen LogP contribution in [0, 0.1) is 0 Å². The average Bonchev–Trinajstić information content (AvgIpc) is 1.47. The van der Waals surface area contributed by atoms with E-state index in [1.165, 1.54) is 0 Å². The molecule has 0 bridgehead atoms. The lowest BCUT2D eigenvalue weighted by atomic mass is 9.79. The minimum absolute atomic E-state index is 0. The van der Waals surface area contributed by atoms with Crippen LogP contribution in [0.5, 0.6) is 23.0 Å². The third-order valence-corrected chi connectivity index (χ3v) is 80.3. The van der Waals surface area contributed by atoms with E-state index in [1.54, 1.807) is 23.5 Å². The Morgan fingerprint density at radius 3 is 0.852 bits per heavy atom. The van der Waals surface area contributed by atoms with Gasteiger partial charge in [0.05, 0.1) is 30.8 Å². The standard InChI is InChI=1S/C48H34N2OS.C24H26BNO2.C12H6Br2OS.CH4.H13P11/c1-5-13-39(14-6-1)49(40-15-7-2-8-16-40)43-27-21-35(22-28-43)37-25-31-47-45(33-37)51-46-34-38(26-32-48(46)52-47)36-23-29-44(30-24-36)50(41-17-9-3-10-18-41)42-19-11-4-12-20-42;1-23(2)24(3,4)28-25(27-23)19-15-17-22(18-16-19)26(20-11-7-5-8-12-20)21-13-9-6-10-14-21;13-7-1-3-11-9(5-7)15-10-6-8(14)2-4-12(10)16-11;;1-7-10(6)11(8(2)3)9(4)5/h1-34H;5-18H,1-4H3;1-6H;1H4;7H,1-6H2. The number of para-hydroxylation sites is 6. The Labute approximate surface area is 683 Å². The van der Waals surface area contributed by atoms with Gasteiger partial charge in [-0.05, 0) is 253 Å². The second-order valence-electron chi connectivity index (χ2n) is 25.7. The zero-order valence-corrected chi connectivity index (χ0v) is 75.4. The molecule has 1 saturated heterocycles. The molecule has 3 aliphatic heterocycles. The van der Waals surface area contributed by atoms with Gasteiger partial charge in [-0.2, -0.15) is 0 Å². The summed E-state index contributed by atoms with van der Waals surface area (Å²) in [6, 6.07) is 114. The highest BCUT2D eigenvalue weighted by Gasteiger charge is 2.51. The molecule has 13 aromatic carbocycles. The Morgan fingerprint density at radius 1 is 0.333 bits per heavy atom. The van der Waals surface area contributed by atoms with Gasteiger partial charge in [0.15, 0.2) is 0 Å². The minimum Gasteiger partial charge on any atom is -0.455 e. The van der Waals surface area contributed by atoms with Crippen molar-refractivity contribution in [2.45, 2.75) is 65.9 Å². The van der Waals surface area contributed by atoms with E-state index in [-0.39, 0.29) is 53.7 Å². The summed E-state index contributed by atoms with van der Waals surface area (Å²) in [5.41, 5.74) is 14.9. The molecule has 16 rings (SSSR count). The maximum atomic E-state index is 6.62. The van der Waals surface area contributed by atoms with Crippen molar-refractivity contribution in [3.05, 3.63) is 337 Å². The zero-order valence-electron chi connectivity index (χ0n) is 59.1. The number of hydrogen-bond acceptors (Lipinski definition) is 9. The van der Waals surface area contributed by atoms with E-state index in [4.69, 9.17) is 18.8 Å². The molecule has 0 saturated carbocycles. The summed E-state index contributed by atoms with van der Waals surface area (Å²) in [7, 11) is 18.6. The van der Waals surface area contributed by atoms with Gasteiger partial charge in [-0.15, -0.1) is 53.6 Å². The maximum absolute atomic E-state index is 6.62. The predicted octanol–water partition coefficient (Wildman–Crippen LogP) is 31.8. The maximum Gasteiger partial charge on any atom is 0.494 e. The van der Waals surface area contributed by atoms with Gasteiger partial charge in [0.25, 0.3) is 0 Å². The number of benzene rings is 13. The second-order valence-corrected chi connectivity index (χ2v) is 68.8. The van der Waals surface area contributed by atoms with Gasteiger partial charge >= 0.3 is 7.12 Å². The van der Waals surface area contributed by atoms with Crippen LogP contribution in [0.25, 0.3) is 22.3 Å². The first kappa shape index (κ1) is 82.7. The molecule has 0 N–H and O–H groups in total. The molecule has 13 aromatic rings. The fourth-order valence-electron chi connectivity index (χ4n) is 12.0. The van der Waals surface area contributed by atoms with Crippen LogP contribution >= 0.6 is 145 Å². The first-order valence-corrected chi connectivity index (χ1v) is 56.7. The van der Waals surface area contributed by atoms with Crippen molar-refractivity contribution < 1.29 is 18.8 Å². The Kier molecular flexibility index (Phi) is 29.7. The lowest BCUT2D eigenvalue weighted by Crippen LogP contribution is -2.41. The van der Waals surface area contributed by atoms with Crippen molar-refractivity contribution in [3.63, 3.8) is 0 Å². The van der Waals surface area contributed by atoms with Gasteiger partial charge < -0.3 is 33.5 Å². The van der Waals surface area contributed by atoms with Gasteiger partial charge in [-0.1, -0.05) is 228 Å². The third kappa shape index (κ3) is 20.6. The van der Waals surface area contributed by atoms with Crippen molar-refractivity contribution in [1.82, 2.24) is 0 Å². The van der Waals surface area contributed by atoms with Crippen molar-refractivity contribution in [1.29, 1.82) is 0 Å². The fourth-order valence-corrected chi connectivity index (χ4v) is 110. The largest absolute Gasteiger partial charge is 0.494 e. The Hall–Kier alpha value is -4.77. The lowest BCUT2D eigenvalue weighted by Gasteiger charge is -2.32. The molecule has 23 heteroatoms. The van der Waals surface area contributed by atoms with E-state index in [2.05, 4.69) is 419 Å². The summed E-state index contributed by atoms with van der Waals surface area (Å²) in [5.74, 6) is 3.57. The van der Waals surface area contributed by atoms with E-state index in [9.17, 15) is 0 Å². The summed E-state index contributed by atoms with van der Waals surface area (Å²) in [6.07, 6.45) is 0. The van der Waals surface area contributed by atoms with E-state index in [0.717, 1.165) is 138 Å². The molecule has 0 spiro atoms. The van der Waals surface area contributed by atoms with E-state index < -0.39 is 0 Å². The molecule has 0 aromatic heterocycles. The van der Waals surface area contributed by atoms with Crippen LogP contribution in [0.1, 0.15) is 35.1 Å². The van der Waals surface area contributed by atoms with Crippen LogP contribution in [-0.2, 0) is 9.31 Å². The Bertz CT molecular complexity index is 4730. The number of ether oxygens (including phenoxy) is 2. The van der Waals surface area contributed by atoms with Crippen molar-refractivity contribution in [3.8, 4) is 45.3 Å². The molecule has 1 fully saturated rings. The van der Waals surface area contributed by atoms with Crippen LogP contribution in [0.2, 0.25) is 0 Å². The van der Waals surface area contributed by atoms with Crippen molar-refractivity contribution in [2.24, 2.45) is 0 Å². The van der Waals surface area contributed by atoms with Gasteiger partial charge in [0, 0.05) is 60.1 Å². The smallest absolute Gasteiger partial charge is 0.455 e. The quantitative estimate of drug-likeness (QED) is 0.0695. The number of halogens is 2. The van der Waals surface area contributed by atoms with Gasteiger partial charge in [-0.3, -0.25) is 0 Å². The number of hydrogen-bond donors (Lipinski definition) is 0. The molecule has 3 heterocycles. The highest BCUT2D eigenvalue weighted by Crippen LogP contribution is 3.12. The first-order valence-electron chi connectivity index (χ1n) is 34.2. The van der Waals surface area contributed by atoms with Crippen LogP contribution in [0.15, 0.2) is 356 Å². The van der Waals surface area contributed by atoms with Crippen LogP contribution in [-0.4, -0.2) is 18.3 Å². The SMILES string of the molecule is Brc1ccc2c(c1)Oc1cc(Br)ccc1S2.C.CC1(C)OB(c2ccc(N(c3ccccc3)c3ccccc3)cc2)OC1(C)C.PPP(P)P(P(P)P)P(P)P.c1ccc(N(c2ccccc2)c2ccc(-c3ccc4c(c3)Oc3cc(-c5ccc(N(c6ccccc6)c6ccccc6)cc5)ccc3S4)cc2)cc1. The minimum atomic E-state index is -0.346. The van der Waals surface area contributed by atoms with Crippen molar-refractivity contribution in [2.75, 3.05) is 14.7 Å². The van der Waals surface area contributed by atoms with Crippen LogP contribution in [0.4, 0.5) is 51.2 Å². The van der Waals surface area contributed by atoms with Gasteiger partial charge in [-0.25, -0.2) is 0 Å². The highest BCUT2D eigenvalue weighted by atomic mass is 79.9. The topological polar surface area (TPSA) is 46.6 Å². The van der Waals surface area contributed by atoms with E-state index in [1.807, 2.05) is 36.4 Å². The third-order valence-electron chi connectivity index (χ3n) is 18.0. The first-order chi connectivity index (χ1) is 51.9. The molecule has 0 amide bonds. The van der Waals surface area contributed by atoms with Crippen LogP contribution < -0.4 is 29.6 Å². The summed E-state index contributed by atoms with van der Waals surface area (Å²) < 4.78 is 26.9. The summed E-state index contributed by atoms with van der Waals surface area (Å²) in [6.45, 7) is 9.07. The second kappa shape index (κ2) is 38.8. The monoisotopic (exact) mass is 1780 g/mol. The van der Waals surface area contributed by atoms with Crippen LogP contribution in [0.3, 0.4) is 0 Å². The molecule has 108 heavy (non-hydrogen) atoms. The number of nitrogens with zero attached hydrogens (tertiary/aromatic N) is 3. The molecule has 8 unspecified atom stereocenters. The zero-order chi connectivity index (χ0) is 74.6. The normalized spacial score (nSPS) is 13.6. The molecule has 7 nitrogen and oxygen atoms in total. The number of fused-ring (bicyclic) bond motifs is 4. The number of rotatable bonds is 16. The molecule has 8 atom stereocenters. The Balaban J connectivity index is 0.000000161. The van der Waals surface area contributed by atoms with Gasteiger partial charge in [0.2, 0.25) is 0 Å². The predicted molar refractivity (Wildman–Crippen MR) is 508 cm³/mol. The lowest BCUT2D eigenvalue weighted by molar-refractivity contribution is 0.00578.